The predicted octanol–water partition coefficient (Wildman–Crippen LogP) is 3.21. The van der Waals surface area contributed by atoms with Gasteiger partial charge in [-0.3, -0.25) is 9.89 Å². The third kappa shape index (κ3) is 4.01. The molecule has 0 atom stereocenters. The van der Waals surface area contributed by atoms with Gasteiger partial charge in [0.2, 0.25) is 0 Å². The Balaban J connectivity index is 1.65. The minimum Gasteiger partial charge on any atom is -0.504 e. The fourth-order valence-corrected chi connectivity index (χ4v) is 2.35. The molecule has 1 aromatic heterocycles. The zero-order valence-electron chi connectivity index (χ0n) is 13.7. The number of carbonyl (C=O) groups excluding carboxylic acids is 1. The zero-order valence-corrected chi connectivity index (χ0v) is 14.5. The number of aromatic amines is 1. The van der Waals surface area contributed by atoms with Crippen molar-refractivity contribution < 1.29 is 14.6 Å². The third-order valence-corrected chi connectivity index (χ3v) is 3.80. The molecule has 26 heavy (non-hydrogen) atoms. The highest BCUT2D eigenvalue weighted by Crippen LogP contribution is 2.25. The molecule has 8 heteroatoms. The van der Waals surface area contributed by atoms with E-state index in [4.69, 9.17) is 16.3 Å². The van der Waals surface area contributed by atoms with E-state index in [0.29, 0.717) is 22.0 Å². The maximum atomic E-state index is 12.1. The van der Waals surface area contributed by atoms with Crippen LogP contribution in [0.1, 0.15) is 16.1 Å². The van der Waals surface area contributed by atoms with Crippen molar-refractivity contribution in [3.8, 4) is 22.8 Å². The molecule has 7 nitrogen and oxygen atoms in total. The van der Waals surface area contributed by atoms with Crippen LogP contribution in [0.2, 0.25) is 5.02 Å². The van der Waals surface area contributed by atoms with Gasteiger partial charge in [0.25, 0.3) is 5.91 Å². The number of halogens is 1. The summed E-state index contributed by atoms with van der Waals surface area (Å²) in [6, 6.07) is 13.5. The first-order valence-electron chi connectivity index (χ1n) is 7.58. The molecular formula is C18H15ClN4O3. The molecule has 0 spiro atoms. The minimum atomic E-state index is -0.438. The van der Waals surface area contributed by atoms with Crippen molar-refractivity contribution in [2.24, 2.45) is 5.10 Å². The van der Waals surface area contributed by atoms with Crippen molar-refractivity contribution in [1.82, 2.24) is 15.6 Å². The zero-order chi connectivity index (χ0) is 18.5. The summed E-state index contributed by atoms with van der Waals surface area (Å²) in [5, 5.41) is 21.0. The second-order valence-corrected chi connectivity index (χ2v) is 5.74. The lowest BCUT2D eigenvalue weighted by atomic mass is 10.1. The van der Waals surface area contributed by atoms with E-state index < -0.39 is 5.91 Å². The first-order valence-corrected chi connectivity index (χ1v) is 7.96. The Hall–Kier alpha value is -3.32. The number of carbonyl (C=O) groups is 1. The molecule has 0 saturated heterocycles. The van der Waals surface area contributed by atoms with Crippen LogP contribution in [0.25, 0.3) is 11.3 Å². The van der Waals surface area contributed by atoms with Gasteiger partial charge in [-0.15, -0.1) is 0 Å². The molecule has 0 saturated carbocycles. The maximum absolute atomic E-state index is 12.1. The van der Waals surface area contributed by atoms with Gasteiger partial charge in [0, 0.05) is 10.6 Å². The molecule has 1 amide bonds. The molecule has 0 aliphatic carbocycles. The highest BCUT2D eigenvalue weighted by Gasteiger charge is 2.10. The molecule has 3 rings (SSSR count). The quantitative estimate of drug-likeness (QED) is 0.474. The molecule has 3 N–H and O–H groups in total. The van der Waals surface area contributed by atoms with Gasteiger partial charge in [-0.05, 0) is 42.0 Å². The summed E-state index contributed by atoms with van der Waals surface area (Å²) < 4.78 is 4.96. The highest BCUT2D eigenvalue weighted by molar-refractivity contribution is 6.30. The standard InChI is InChI=1S/C18H15ClN4O3/c1-26-17-7-2-11(8-16(17)24)10-20-23-18(25)15-9-14(21-22-15)12-3-5-13(19)6-4-12/h2-10,24H,1H3,(H,21,22)(H,23,25)/b20-10+. The Kier molecular flexibility index (Phi) is 5.19. The van der Waals surface area contributed by atoms with Crippen LogP contribution >= 0.6 is 11.6 Å². The summed E-state index contributed by atoms with van der Waals surface area (Å²) >= 11 is 5.86. The molecule has 0 unspecified atom stereocenters. The molecule has 2 aromatic carbocycles. The number of H-pyrrole nitrogens is 1. The third-order valence-electron chi connectivity index (χ3n) is 3.55. The lowest BCUT2D eigenvalue weighted by molar-refractivity contribution is 0.0950. The number of benzene rings is 2. The van der Waals surface area contributed by atoms with E-state index in [9.17, 15) is 9.90 Å². The summed E-state index contributed by atoms with van der Waals surface area (Å²) in [7, 11) is 1.46. The number of nitrogens with zero attached hydrogens (tertiary/aromatic N) is 2. The number of hydrogen-bond acceptors (Lipinski definition) is 5. The molecule has 0 bridgehead atoms. The number of phenolic OH excluding ortho intramolecular Hbond substituents is 1. The van der Waals surface area contributed by atoms with E-state index in [0.717, 1.165) is 5.56 Å². The summed E-state index contributed by atoms with van der Waals surface area (Å²) in [5.74, 6) is -0.0889. The van der Waals surface area contributed by atoms with Crippen LogP contribution in [-0.4, -0.2) is 34.5 Å². The van der Waals surface area contributed by atoms with Gasteiger partial charge in [0.1, 0.15) is 5.69 Å². The maximum Gasteiger partial charge on any atom is 0.289 e. The number of amides is 1. The van der Waals surface area contributed by atoms with E-state index in [2.05, 4.69) is 20.7 Å². The van der Waals surface area contributed by atoms with Crippen molar-refractivity contribution in [1.29, 1.82) is 0 Å². The number of hydrazone groups is 1. The molecule has 0 fully saturated rings. The van der Waals surface area contributed by atoms with E-state index in [1.165, 1.54) is 19.4 Å². The van der Waals surface area contributed by atoms with E-state index in [1.807, 2.05) is 12.1 Å². The van der Waals surface area contributed by atoms with Crippen LogP contribution in [0.5, 0.6) is 11.5 Å². The van der Waals surface area contributed by atoms with Gasteiger partial charge >= 0.3 is 0 Å². The summed E-state index contributed by atoms with van der Waals surface area (Å²) in [6.45, 7) is 0. The van der Waals surface area contributed by atoms with E-state index in [1.54, 1.807) is 30.3 Å². The van der Waals surface area contributed by atoms with Crippen LogP contribution < -0.4 is 10.2 Å². The smallest absolute Gasteiger partial charge is 0.289 e. The first kappa shape index (κ1) is 17.5. The number of nitrogens with one attached hydrogen (secondary N) is 2. The van der Waals surface area contributed by atoms with Crippen molar-refractivity contribution >= 4 is 23.7 Å². The van der Waals surface area contributed by atoms with Crippen molar-refractivity contribution in [3.05, 3.63) is 64.8 Å². The second kappa shape index (κ2) is 7.71. The molecular weight excluding hydrogens is 356 g/mol. The molecule has 3 aromatic rings. The number of methoxy groups -OCH3 is 1. The number of aromatic nitrogens is 2. The topological polar surface area (TPSA) is 99.6 Å². The fourth-order valence-electron chi connectivity index (χ4n) is 2.22. The summed E-state index contributed by atoms with van der Waals surface area (Å²) in [6.07, 6.45) is 1.41. The summed E-state index contributed by atoms with van der Waals surface area (Å²) in [4.78, 5) is 12.1. The lowest BCUT2D eigenvalue weighted by Crippen LogP contribution is -2.17. The van der Waals surface area contributed by atoms with Crippen LogP contribution in [0.4, 0.5) is 0 Å². The molecule has 0 aliphatic heterocycles. The van der Waals surface area contributed by atoms with Gasteiger partial charge in [-0.2, -0.15) is 10.2 Å². The molecule has 132 valence electrons. The second-order valence-electron chi connectivity index (χ2n) is 5.30. The Bertz CT molecular complexity index is 951. The largest absolute Gasteiger partial charge is 0.504 e. The van der Waals surface area contributed by atoms with Gasteiger partial charge in [-0.1, -0.05) is 23.7 Å². The Morgan fingerprint density at radius 1 is 1.27 bits per heavy atom. The van der Waals surface area contributed by atoms with Gasteiger partial charge < -0.3 is 9.84 Å². The van der Waals surface area contributed by atoms with Crippen LogP contribution in [-0.2, 0) is 0 Å². The Labute approximate surface area is 154 Å². The average molecular weight is 371 g/mol. The normalized spacial score (nSPS) is 10.8. The Morgan fingerprint density at radius 2 is 2.04 bits per heavy atom. The number of rotatable bonds is 5. The van der Waals surface area contributed by atoms with E-state index in [-0.39, 0.29) is 11.4 Å². The SMILES string of the molecule is COc1ccc(/C=N/NC(=O)c2cc(-c3ccc(Cl)cc3)n[nH]2)cc1O. The number of hydrogen-bond donors (Lipinski definition) is 3. The van der Waals surface area contributed by atoms with E-state index >= 15 is 0 Å². The van der Waals surface area contributed by atoms with Crippen LogP contribution in [0.3, 0.4) is 0 Å². The highest BCUT2D eigenvalue weighted by atomic mass is 35.5. The monoisotopic (exact) mass is 370 g/mol. The van der Waals surface area contributed by atoms with Gasteiger partial charge in [0.05, 0.1) is 19.0 Å². The number of phenols is 1. The minimum absolute atomic E-state index is 0.0102. The van der Waals surface area contributed by atoms with Gasteiger partial charge in [-0.25, -0.2) is 5.43 Å². The van der Waals surface area contributed by atoms with Crippen LogP contribution in [0, 0.1) is 0 Å². The van der Waals surface area contributed by atoms with Gasteiger partial charge in [0.15, 0.2) is 11.5 Å². The molecule has 0 radical (unpaired) electrons. The Morgan fingerprint density at radius 3 is 2.73 bits per heavy atom. The van der Waals surface area contributed by atoms with Crippen molar-refractivity contribution in [2.45, 2.75) is 0 Å². The average Bonchev–Trinajstić information content (AvgIpc) is 3.12. The number of ether oxygens (including phenoxy) is 1. The fraction of sp³-hybridized carbons (Fsp3) is 0.0556. The molecule has 1 heterocycles. The van der Waals surface area contributed by atoms with Crippen molar-refractivity contribution in [2.75, 3.05) is 7.11 Å². The lowest BCUT2D eigenvalue weighted by Gasteiger charge is -2.03. The van der Waals surface area contributed by atoms with Crippen molar-refractivity contribution in [3.63, 3.8) is 0 Å². The predicted molar refractivity (Wildman–Crippen MR) is 98.8 cm³/mol. The summed E-state index contributed by atoms with van der Waals surface area (Å²) in [5.41, 5.74) is 4.73. The van der Waals surface area contributed by atoms with Crippen LogP contribution in [0.15, 0.2) is 53.6 Å². The first-order chi connectivity index (χ1) is 12.6. The molecule has 0 aliphatic rings. The number of aromatic hydroxyl groups is 1.